The number of para-hydroxylation sites is 1. The van der Waals surface area contributed by atoms with Crippen LogP contribution in [-0.4, -0.2) is 51.2 Å². The SMILES string of the molecule is O=C1Nc2c(N3CCc4c([nH]c5ccccc45)C3)ncnc2N2C[C@H](O)CC12. The van der Waals surface area contributed by atoms with Gasteiger partial charge in [0.25, 0.3) is 0 Å². The number of rotatable bonds is 1. The number of carbonyl (C=O) groups is 1. The molecule has 8 heteroatoms. The highest BCUT2D eigenvalue weighted by atomic mass is 16.3. The summed E-state index contributed by atoms with van der Waals surface area (Å²) in [5.74, 6) is 1.35. The Kier molecular flexibility index (Phi) is 3.22. The number of nitrogens with one attached hydrogen (secondary N) is 2. The zero-order valence-corrected chi connectivity index (χ0v) is 15.2. The van der Waals surface area contributed by atoms with E-state index in [1.54, 1.807) is 6.33 Å². The topological polar surface area (TPSA) is 97.4 Å². The van der Waals surface area contributed by atoms with Crippen molar-refractivity contribution in [3.8, 4) is 0 Å². The van der Waals surface area contributed by atoms with Gasteiger partial charge in [-0.3, -0.25) is 4.79 Å². The van der Waals surface area contributed by atoms with E-state index in [2.05, 4.69) is 43.4 Å². The molecule has 0 radical (unpaired) electrons. The maximum Gasteiger partial charge on any atom is 0.247 e. The van der Waals surface area contributed by atoms with Gasteiger partial charge in [0.15, 0.2) is 11.6 Å². The van der Waals surface area contributed by atoms with E-state index in [0.717, 1.165) is 24.3 Å². The minimum absolute atomic E-state index is 0.0941. The molecule has 8 nitrogen and oxygen atoms in total. The van der Waals surface area contributed by atoms with E-state index < -0.39 is 6.10 Å². The number of anilines is 3. The van der Waals surface area contributed by atoms with Crippen LogP contribution >= 0.6 is 0 Å². The Morgan fingerprint density at radius 2 is 2.04 bits per heavy atom. The summed E-state index contributed by atoms with van der Waals surface area (Å²) >= 11 is 0. The van der Waals surface area contributed by atoms with Crippen LogP contribution in [0.1, 0.15) is 17.7 Å². The van der Waals surface area contributed by atoms with Crippen molar-refractivity contribution < 1.29 is 9.90 Å². The molecule has 1 aromatic carbocycles. The first-order valence-corrected chi connectivity index (χ1v) is 9.63. The fourth-order valence-corrected chi connectivity index (χ4v) is 4.81. The second kappa shape index (κ2) is 5.68. The summed E-state index contributed by atoms with van der Waals surface area (Å²) in [5, 5.41) is 14.3. The van der Waals surface area contributed by atoms with Gasteiger partial charge in [0.1, 0.15) is 18.1 Å². The number of aromatic amines is 1. The third-order valence-electron chi connectivity index (χ3n) is 6.09. The maximum atomic E-state index is 12.6. The van der Waals surface area contributed by atoms with Crippen LogP contribution in [0.2, 0.25) is 0 Å². The first kappa shape index (κ1) is 15.9. The lowest BCUT2D eigenvalue weighted by Gasteiger charge is -2.35. The van der Waals surface area contributed by atoms with Crippen LogP contribution in [0.5, 0.6) is 0 Å². The van der Waals surface area contributed by atoms with Crippen LogP contribution in [0.15, 0.2) is 30.6 Å². The molecule has 3 aliphatic heterocycles. The summed E-state index contributed by atoms with van der Waals surface area (Å²) in [6, 6.07) is 8.02. The van der Waals surface area contributed by atoms with Crippen molar-refractivity contribution in [1.82, 2.24) is 15.0 Å². The average Bonchev–Trinajstić information content (AvgIpc) is 3.28. The molecule has 3 aromatic rings. The minimum Gasteiger partial charge on any atom is -0.391 e. The van der Waals surface area contributed by atoms with Gasteiger partial charge in [-0.1, -0.05) is 18.2 Å². The fourth-order valence-electron chi connectivity index (χ4n) is 4.81. The Hall–Kier alpha value is -3.13. The highest BCUT2D eigenvalue weighted by Crippen LogP contribution is 2.41. The quantitative estimate of drug-likeness (QED) is 0.594. The number of benzene rings is 1. The molecule has 2 atom stereocenters. The van der Waals surface area contributed by atoms with Gasteiger partial charge in [-0.2, -0.15) is 0 Å². The van der Waals surface area contributed by atoms with E-state index in [1.807, 2.05) is 11.0 Å². The molecular weight excluding hydrogens is 356 g/mol. The summed E-state index contributed by atoms with van der Waals surface area (Å²) in [7, 11) is 0. The molecule has 0 aliphatic carbocycles. The monoisotopic (exact) mass is 376 g/mol. The molecule has 0 spiro atoms. The third kappa shape index (κ3) is 2.18. The number of amides is 1. The van der Waals surface area contributed by atoms with Gasteiger partial charge in [0, 0.05) is 36.1 Å². The van der Waals surface area contributed by atoms with Crippen LogP contribution < -0.4 is 15.1 Å². The largest absolute Gasteiger partial charge is 0.391 e. The predicted octanol–water partition coefficient (Wildman–Crippen LogP) is 1.41. The minimum atomic E-state index is -0.510. The Labute approximate surface area is 161 Å². The molecule has 28 heavy (non-hydrogen) atoms. The van der Waals surface area contributed by atoms with Gasteiger partial charge in [0.05, 0.1) is 12.6 Å². The van der Waals surface area contributed by atoms with Crippen molar-refractivity contribution in [3.63, 3.8) is 0 Å². The van der Waals surface area contributed by atoms with E-state index in [9.17, 15) is 9.90 Å². The van der Waals surface area contributed by atoms with Gasteiger partial charge >= 0.3 is 0 Å². The van der Waals surface area contributed by atoms with Gasteiger partial charge in [-0.05, 0) is 18.1 Å². The van der Waals surface area contributed by atoms with Crippen molar-refractivity contribution in [2.45, 2.75) is 31.5 Å². The molecule has 6 rings (SSSR count). The molecule has 1 fully saturated rings. The van der Waals surface area contributed by atoms with E-state index in [4.69, 9.17) is 0 Å². The normalized spacial score (nSPS) is 23.4. The van der Waals surface area contributed by atoms with Crippen LogP contribution in [0.25, 0.3) is 10.9 Å². The first-order chi connectivity index (χ1) is 13.7. The number of fused-ring (bicyclic) bond motifs is 6. The Morgan fingerprint density at radius 3 is 2.96 bits per heavy atom. The molecule has 1 saturated heterocycles. The molecule has 2 aromatic heterocycles. The second-order valence-electron chi connectivity index (χ2n) is 7.74. The summed E-state index contributed by atoms with van der Waals surface area (Å²) in [4.78, 5) is 29.1. The van der Waals surface area contributed by atoms with Crippen LogP contribution in [-0.2, 0) is 17.8 Å². The average molecular weight is 376 g/mol. The first-order valence-electron chi connectivity index (χ1n) is 9.63. The Morgan fingerprint density at radius 1 is 1.18 bits per heavy atom. The molecule has 142 valence electrons. The smallest absolute Gasteiger partial charge is 0.247 e. The van der Waals surface area contributed by atoms with E-state index >= 15 is 0 Å². The summed E-state index contributed by atoms with van der Waals surface area (Å²) in [6.07, 6.45) is 2.39. The lowest BCUT2D eigenvalue weighted by atomic mass is 10.0. The van der Waals surface area contributed by atoms with Crippen molar-refractivity contribution in [2.75, 3.05) is 28.2 Å². The highest BCUT2D eigenvalue weighted by Gasteiger charge is 2.43. The molecule has 1 unspecified atom stereocenters. The van der Waals surface area contributed by atoms with Crippen LogP contribution in [0.3, 0.4) is 0 Å². The van der Waals surface area contributed by atoms with Crippen molar-refractivity contribution in [2.24, 2.45) is 0 Å². The number of aliphatic hydroxyl groups is 1. The van der Waals surface area contributed by atoms with E-state index in [-0.39, 0.29) is 11.9 Å². The summed E-state index contributed by atoms with van der Waals surface area (Å²) in [5.41, 5.74) is 4.36. The van der Waals surface area contributed by atoms with E-state index in [0.29, 0.717) is 31.0 Å². The number of H-pyrrole nitrogens is 1. The maximum absolute atomic E-state index is 12.6. The molecule has 1 amide bonds. The lowest BCUT2D eigenvalue weighted by Crippen LogP contribution is -2.45. The van der Waals surface area contributed by atoms with Crippen molar-refractivity contribution in [1.29, 1.82) is 0 Å². The number of aromatic nitrogens is 3. The van der Waals surface area contributed by atoms with E-state index in [1.165, 1.54) is 16.6 Å². The molecule has 3 aliphatic rings. The Bertz CT molecular complexity index is 1110. The zero-order chi connectivity index (χ0) is 18.8. The molecule has 0 bridgehead atoms. The fraction of sp³-hybridized carbons (Fsp3) is 0.350. The highest BCUT2D eigenvalue weighted by molar-refractivity contribution is 6.06. The zero-order valence-electron chi connectivity index (χ0n) is 15.2. The van der Waals surface area contributed by atoms with Crippen molar-refractivity contribution in [3.05, 3.63) is 41.9 Å². The molecule has 3 N–H and O–H groups in total. The Balaban J connectivity index is 1.40. The van der Waals surface area contributed by atoms with Crippen molar-refractivity contribution >= 4 is 34.1 Å². The third-order valence-corrected chi connectivity index (χ3v) is 6.09. The lowest BCUT2D eigenvalue weighted by molar-refractivity contribution is -0.117. The van der Waals surface area contributed by atoms with Gasteiger partial charge < -0.3 is 25.2 Å². The van der Waals surface area contributed by atoms with Gasteiger partial charge in [-0.15, -0.1) is 0 Å². The summed E-state index contributed by atoms with van der Waals surface area (Å²) < 4.78 is 0. The number of hydrogen-bond donors (Lipinski definition) is 3. The molecular formula is C20H20N6O2. The van der Waals surface area contributed by atoms with Crippen LogP contribution in [0.4, 0.5) is 17.3 Å². The van der Waals surface area contributed by atoms with Gasteiger partial charge in [0.2, 0.25) is 5.91 Å². The molecule has 5 heterocycles. The standard InChI is InChI=1S/C20H20N6O2/c27-11-7-16-20(28)24-17-18(21-10-22-19(17)26(16)8-11)25-6-5-13-12-3-1-2-4-14(12)23-15(13)9-25/h1-4,10-11,16,23,27H,5-9H2,(H,24,28)/t11-,16?/m1/s1. The van der Waals surface area contributed by atoms with Crippen LogP contribution in [0, 0.1) is 0 Å². The second-order valence-corrected chi connectivity index (χ2v) is 7.74. The number of nitrogens with zero attached hydrogens (tertiary/aromatic N) is 4. The predicted molar refractivity (Wildman–Crippen MR) is 105 cm³/mol. The number of aliphatic hydroxyl groups excluding tert-OH is 1. The summed E-state index contributed by atoms with van der Waals surface area (Å²) in [6.45, 7) is 1.95. The number of carbonyl (C=O) groups excluding carboxylic acids is 1. The molecule has 0 saturated carbocycles. The number of hydrogen-bond acceptors (Lipinski definition) is 6. The van der Waals surface area contributed by atoms with Gasteiger partial charge in [-0.25, -0.2) is 9.97 Å².